The van der Waals surface area contributed by atoms with E-state index in [9.17, 15) is 4.79 Å². The molecule has 0 bridgehead atoms. The van der Waals surface area contributed by atoms with Crippen LogP contribution in [0.3, 0.4) is 0 Å². The highest BCUT2D eigenvalue weighted by Gasteiger charge is 2.22. The van der Waals surface area contributed by atoms with E-state index in [0.717, 1.165) is 16.9 Å². The van der Waals surface area contributed by atoms with Gasteiger partial charge in [-0.3, -0.25) is 0 Å². The van der Waals surface area contributed by atoms with E-state index in [2.05, 4.69) is 0 Å². The van der Waals surface area contributed by atoms with Crippen molar-refractivity contribution in [3.63, 3.8) is 0 Å². The van der Waals surface area contributed by atoms with Crippen LogP contribution in [0.25, 0.3) is 11.8 Å². The van der Waals surface area contributed by atoms with Gasteiger partial charge in [0.15, 0.2) is 0 Å². The third-order valence-corrected chi connectivity index (χ3v) is 3.51. The number of benzene rings is 2. The van der Waals surface area contributed by atoms with Crippen molar-refractivity contribution in [3.05, 3.63) is 76.9 Å². The molecule has 0 aromatic heterocycles. The molecule has 0 saturated carbocycles. The van der Waals surface area contributed by atoms with Crippen LogP contribution in [-0.2, 0) is 9.53 Å². The predicted molar refractivity (Wildman–Crippen MR) is 86.2 cm³/mol. The van der Waals surface area contributed by atoms with Gasteiger partial charge in [-0.25, -0.2) is 4.79 Å². The number of ether oxygens (including phenoxy) is 2. The quantitative estimate of drug-likeness (QED) is 0.634. The van der Waals surface area contributed by atoms with E-state index in [-0.39, 0.29) is 5.97 Å². The first-order chi connectivity index (χ1) is 10.7. The smallest absolute Gasteiger partial charge is 0.343 e. The molecule has 2 aromatic carbocycles. The Morgan fingerprint density at radius 3 is 2.50 bits per heavy atom. The van der Waals surface area contributed by atoms with Crippen molar-refractivity contribution in [2.75, 3.05) is 7.11 Å². The second-order valence-corrected chi connectivity index (χ2v) is 5.11. The lowest BCUT2D eigenvalue weighted by Gasteiger charge is -2.03. The van der Waals surface area contributed by atoms with Crippen LogP contribution in [0.2, 0.25) is 0 Å². The first kappa shape index (κ1) is 14.1. The van der Waals surface area contributed by atoms with E-state index in [1.807, 2.05) is 55.5 Å². The van der Waals surface area contributed by atoms with Gasteiger partial charge in [-0.05, 0) is 25.1 Å². The highest BCUT2D eigenvalue weighted by molar-refractivity contribution is 6.05. The summed E-state index contributed by atoms with van der Waals surface area (Å²) in [5.41, 5.74) is 3.42. The van der Waals surface area contributed by atoms with Gasteiger partial charge in [0.1, 0.15) is 11.5 Å². The largest absolute Gasteiger partial charge is 0.496 e. The number of carbonyl (C=O) groups excluding carboxylic acids is 1. The molecule has 3 heteroatoms. The summed E-state index contributed by atoms with van der Waals surface area (Å²) in [5, 5.41) is 0. The third-order valence-electron chi connectivity index (χ3n) is 3.51. The molecule has 0 spiro atoms. The second kappa shape index (κ2) is 5.90. The number of esters is 1. The maximum Gasteiger partial charge on any atom is 0.343 e. The molecule has 110 valence electrons. The SMILES string of the molecule is COc1ccccc1/C=C1\C=C(c2ccc(C)cc2)OC1=O. The van der Waals surface area contributed by atoms with Crippen molar-refractivity contribution in [2.24, 2.45) is 0 Å². The molecular formula is C19H16O3. The molecule has 1 heterocycles. The molecule has 0 radical (unpaired) electrons. The van der Waals surface area contributed by atoms with Gasteiger partial charge < -0.3 is 9.47 Å². The Balaban J connectivity index is 1.96. The Bertz CT molecular complexity index is 768. The first-order valence-electron chi connectivity index (χ1n) is 7.03. The number of hydrogen-bond donors (Lipinski definition) is 0. The number of hydrogen-bond acceptors (Lipinski definition) is 3. The molecule has 3 rings (SSSR count). The van der Waals surface area contributed by atoms with E-state index in [1.54, 1.807) is 19.3 Å². The zero-order valence-electron chi connectivity index (χ0n) is 12.5. The summed E-state index contributed by atoms with van der Waals surface area (Å²) in [6.07, 6.45) is 3.54. The number of carbonyl (C=O) groups is 1. The predicted octanol–water partition coefficient (Wildman–Crippen LogP) is 3.98. The molecule has 3 nitrogen and oxygen atoms in total. The number of aryl methyl sites for hydroxylation is 1. The Labute approximate surface area is 129 Å². The molecule has 0 saturated heterocycles. The molecule has 0 N–H and O–H groups in total. The van der Waals surface area contributed by atoms with E-state index in [4.69, 9.17) is 9.47 Å². The van der Waals surface area contributed by atoms with Gasteiger partial charge in [0.2, 0.25) is 0 Å². The van der Waals surface area contributed by atoms with Crippen molar-refractivity contribution in [1.82, 2.24) is 0 Å². The van der Waals surface area contributed by atoms with Crippen molar-refractivity contribution in [2.45, 2.75) is 6.92 Å². The number of cyclic esters (lactones) is 1. The molecular weight excluding hydrogens is 276 g/mol. The summed E-state index contributed by atoms with van der Waals surface area (Å²) >= 11 is 0. The molecule has 0 unspecified atom stereocenters. The summed E-state index contributed by atoms with van der Waals surface area (Å²) in [4.78, 5) is 12.0. The van der Waals surface area contributed by atoms with Gasteiger partial charge in [-0.2, -0.15) is 0 Å². The average molecular weight is 292 g/mol. The van der Waals surface area contributed by atoms with E-state index >= 15 is 0 Å². The summed E-state index contributed by atoms with van der Waals surface area (Å²) in [6.45, 7) is 2.02. The zero-order valence-corrected chi connectivity index (χ0v) is 12.5. The van der Waals surface area contributed by atoms with Crippen LogP contribution in [0.15, 0.2) is 60.2 Å². The van der Waals surface area contributed by atoms with Crippen molar-refractivity contribution < 1.29 is 14.3 Å². The van der Waals surface area contributed by atoms with Gasteiger partial charge in [0, 0.05) is 11.1 Å². The summed E-state index contributed by atoms with van der Waals surface area (Å²) in [6, 6.07) is 15.4. The van der Waals surface area contributed by atoms with Gasteiger partial charge >= 0.3 is 5.97 Å². The highest BCUT2D eigenvalue weighted by atomic mass is 16.5. The maximum absolute atomic E-state index is 12.0. The van der Waals surface area contributed by atoms with Crippen molar-refractivity contribution in [3.8, 4) is 5.75 Å². The zero-order chi connectivity index (χ0) is 15.5. The Kier molecular flexibility index (Phi) is 3.79. The lowest BCUT2D eigenvalue weighted by Crippen LogP contribution is -1.97. The van der Waals surface area contributed by atoms with Gasteiger partial charge in [-0.15, -0.1) is 0 Å². The standard InChI is InChI=1S/C19H16O3/c1-13-7-9-14(10-8-13)18-12-16(19(20)22-18)11-15-5-3-4-6-17(15)21-2/h3-12H,1-2H3/b16-11+. The van der Waals surface area contributed by atoms with E-state index in [1.165, 1.54) is 5.56 Å². The van der Waals surface area contributed by atoms with Crippen molar-refractivity contribution in [1.29, 1.82) is 0 Å². The van der Waals surface area contributed by atoms with Crippen LogP contribution in [0.4, 0.5) is 0 Å². The average Bonchev–Trinajstić information content (AvgIpc) is 2.89. The monoisotopic (exact) mass is 292 g/mol. The van der Waals surface area contributed by atoms with Gasteiger partial charge in [0.05, 0.1) is 12.7 Å². The lowest BCUT2D eigenvalue weighted by molar-refractivity contribution is -0.130. The minimum atomic E-state index is -0.346. The molecule has 0 amide bonds. The fourth-order valence-electron chi connectivity index (χ4n) is 2.30. The molecule has 0 atom stereocenters. The maximum atomic E-state index is 12.0. The van der Waals surface area contributed by atoms with Crippen LogP contribution < -0.4 is 4.74 Å². The van der Waals surface area contributed by atoms with Crippen LogP contribution in [0.5, 0.6) is 5.75 Å². The van der Waals surface area contributed by atoms with E-state index in [0.29, 0.717) is 11.3 Å². The topological polar surface area (TPSA) is 35.5 Å². The van der Waals surface area contributed by atoms with Gasteiger partial charge in [0.25, 0.3) is 0 Å². The Morgan fingerprint density at radius 1 is 1.05 bits per heavy atom. The molecule has 22 heavy (non-hydrogen) atoms. The van der Waals surface area contributed by atoms with Crippen molar-refractivity contribution >= 4 is 17.8 Å². The highest BCUT2D eigenvalue weighted by Crippen LogP contribution is 2.29. The minimum absolute atomic E-state index is 0.346. The molecule has 1 aliphatic heterocycles. The lowest BCUT2D eigenvalue weighted by atomic mass is 10.1. The van der Waals surface area contributed by atoms with Gasteiger partial charge in [-0.1, -0.05) is 48.0 Å². The number of para-hydroxylation sites is 1. The van der Waals surface area contributed by atoms with Crippen LogP contribution in [0.1, 0.15) is 16.7 Å². The summed E-state index contributed by atoms with van der Waals surface area (Å²) < 4.78 is 10.7. The number of methoxy groups -OCH3 is 1. The normalized spacial score (nSPS) is 15.6. The third kappa shape index (κ3) is 2.79. The van der Waals surface area contributed by atoms with Crippen LogP contribution >= 0.6 is 0 Å². The Morgan fingerprint density at radius 2 is 1.77 bits per heavy atom. The fraction of sp³-hybridized carbons (Fsp3) is 0.105. The first-order valence-corrected chi connectivity index (χ1v) is 7.03. The van der Waals surface area contributed by atoms with E-state index < -0.39 is 0 Å². The molecule has 0 fully saturated rings. The fourth-order valence-corrected chi connectivity index (χ4v) is 2.30. The minimum Gasteiger partial charge on any atom is -0.496 e. The molecule has 2 aromatic rings. The van der Waals surface area contributed by atoms with Crippen LogP contribution in [-0.4, -0.2) is 13.1 Å². The summed E-state index contributed by atoms with van der Waals surface area (Å²) in [7, 11) is 1.61. The number of rotatable bonds is 3. The summed E-state index contributed by atoms with van der Waals surface area (Å²) in [5.74, 6) is 0.951. The van der Waals surface area contributed by atoms with Crippen LogP contribution in [0, 0.1) is 6.92 Å². The molecule has 0 aliphatic carbocycles. The second-order valence-electron chi connectivity index (χ2n) is 5.11. The Hall–Kier alpha value is -2.81. The molecule has 1 aliphatic rings.